The van der Waals surface area contributed by atoms with Crippen molar-refractivity contribution in [2.45, 2.75) is 25.7 Å². The third-order valence-corrected chi connectivity index (χ3v) is 3.00. The van der Waals surface area contributed by atoms with Gasteiger partial charge in [-0.1, -0.05) is 6.92 Å². The summed E-state index contributed by atoms with van der Waals surface area (Å²) in [6.07, 6.45) is -0.344. The van der Waals surface area contributed by atoms with E-state index in [4.69, 9.17) is 0 Å². The molecule has 0 saturated heterocycles. The predicted molar refractivity (Wildman–Crippen MR) is 51.4 cm³/mol. The third kappa shape index (κ3) is 5.35. The molecular formula is C8H15F2O4P. The molecule has 7 heteroatoms. The van der Waals surface area contributed by atoms with Crippen molar-refractivity contribution in [3.63, 3.8) is 0 Å². The van der Waals surface area contributed by atoms with Crippen LogP contribution in [0.1, 0.15) is 19.8 Å². The van der Waals surface area contributed by atoms with E-state index in [-0.39, 0.29) is 6.42 Å². The second-order valence-electron chi connectivity index (χ2n) is 3.10. The highest BCUT2D eigenvalue weighted by atomic mass is 31.2. The molecule has 0 saturated carbocycles. The van der Waals surface area contributed by atoms with Gasteiger partial charge in [0, 0.05) is 20.2 Å². The van der Waals surface area contributed by atoms with Crippen molar-refractivity contribution in [1.82, 2.24) is 0 Å². The molecule has 0 aliphatic rings. The normalized spacial score (nSPS) is 16.1. The van der Waals surface area contributed by atoms with E-state index in [1.54, 1.807) is 6.92 Å². The summed E-state index contributed by atoms with van der Waals surface area (Å²) >= 11 is 0. The second kappa shape index (κ2) is 5.68. The molecule has 0 radical (unpaired) electrons. The lowest BCUT2D eigenvalue weighted by Crippen LogP contribution is -2.31. The lowest BCUT2D eigenvalue weighted by molar-refractivity contribution is -0.146. The van der Waals surface area contributed by atoms with Gasteiger partial charge in [-0.3, -0.25) is 9.36 Å². The van der Waals surface area contributed by atoms with Gasteiger partial charge in [0.1, 0.15) is 6.61 Å². The van der Waals surface area contributed by atoms with Gasteiger partial charge in [0.15, 0.2) is 0 Å². The fraction of sp³-hybridized carbons (Fsp3) is 0.875. The Bertz CT molecular complexity index is 267. The Labute approximate surface area is 87.5 Å². The fourth-order valence-electron chi connectivity index (χ4n) is 0.788. The first-order valence-corrected chi connectivity index (χ1v) is 6.43. The zero-order valence-electron chi connectivity index (χ0n) is 8.96. The summed E-state index contributed by atoms with van der Waals surface area (Å²) in [6.45, 7) is 1.76. The summed E-state index contributed by atoms with van der Waals surface area (Å²) in [7, 11) is -2.25. The number of carbonyl (C=O) groups is 1. The first kappa shape index (κ1) is 14.7. The third-order valence-electron chi connectivity index (χ3n) is 1.73. The molecule has 0 N–H and O–H groups in total. The quantitative estimate of drug-likeness (QED) is 0.645. The zero-order valence-corrected chi connectivity index (χ0v) is 9.85. The van der Waals surface area contributed by atoms with Crippen LogP contribution < -0.4 is 0 Å². The van der Waals surface area contributed by atoms with E-state index in [9.17, 15) is 18.1 Å². The molecule has 0 aromatic carbocycles. The number of ketones is 1. The van der Waals surface area contributed by atoms with Crippen molar-refractivity contribution < 1.29 is 27.2 Å². The number of rotatable bonds is 7. The molecule has 0 bridgehead atoms. The number of alkyl halides is 2. The molecule has 1 atom stereocenters. The van der Waals surface area contributed by atoms with Crippen LogP contribution in [0.25, 0.3) is 0 Å². The molecule has 0 heterocycles. The smallest absolute Gasteiger partial charge is 0.312 e. The molecule has 1 unspecified atom stereocenters. The maximum atomic E-state index is 12.9. The molecule has 0 spiro atoms. The SMILES string of the molecule is CCCC(F)(F)C(=O)COP(C)(=O)OC. The van der Waals surface area contributed by atoms with Crippen molar-refractivity contribution in [3.8, 4) is 0 Å². The Kier molecular flexibility index (Phi) is 5.56. The van der Waals surface area contributed by atoms with E-state index in [1.165, 1.54) is 0 Å². The van der Waals surface area contributed by atoms with Crippen molar-refractivity contribution in [1.29, 1.82) is 0 Å². The van der Waals surface area contributed by atoms with Crippen molar-refractivity contribution in [3.05, 3.63) is 0 Å². The molecule has 0 fully saturated rings. The number of hydrogen-bond donors (Lipinski definition) is 0. The molecule has 15 heavy (non-hydrogen) atoms. The van der Waals surface area contributed by atoms with Gasteiger partial charge in [0.2, 0.25) is 5.78 Å². The molecule has 90 valence electrons. The standard InChI is InChI=1S/C8H15F2O4P/c1-4-5-8(9,10)7(11)6-14-15(3,12)13-2/h4-6H2,1-3H3. The van der Waals surface area contributed by atoms with E-state index in [0.717, 1.165) is 13.8 Å². The van der Waals surface area contributed by atoms with Crippen LogP contribution in [0.15, 0.2) is 0 Å². The summed E-state index contributed by atoms with van der Waals surface area (Å²) in [5.74, 6) is -4.79. The highest BCUT2D eigenvalue weighted by molar-refractivity contribution is 7.52. The summed E-state index contributed by atoms with van der Waals surface area (Å²) < 4.78 is 45.9. The highest BCUT2D eigenvalue weighted by Gasteiger charge is 2.38. The van der Waals surface area contributed by atoms with E-state index in [1.807, 2.05) is 0 Å². The highest BCUT2D eigenvalue weighted by Crippen LogP contribution is 2.42. The van der Waals surface area contributed by atoms with E-state index < -0.39 is 32.3 Å². The summed E-state index contributed by atoms with van der Waals surface area (Å²) in [6, 6.07) is 0. The summed E-state index contributed by atoms with van der Waals surface area (Å²) in [4.78, 5) is 11.0. The van der Waals surface area contributed by atoms with Gasteiger partial charge in [0.25, 0.3) is 0 Å². The Morgan fingerprint density at radius 1 is 1.47 bits per heavy atom. The van der Waals surface area contributed by atoms with E-state index in [0.29, 0.717) is 0 Å². The number of carbonyl (C=O) groups excluding carboxylic acids is 1. The first-order chi connectivity index (χ1) is 6.75. The fourth-order valence-corrected chi connectivity index (χ4v) is 1.24. The van der Waals surface area contributed by atoms with Crippen molar-refractivity contribution >= 4 is 13.4 Å². The topological polar surface area (TPSA) is 52.6 Å². The number of hydrogen-bond acceptors (Lipinski definition) is 4. The molecule has 0 aromatic rings. The minimum Gasteiger partial charge on any atom is -0.312 e. The number of halogens is 2. The van der Waals surface area contributed by atoms with Crippen LogP contribution in [0.3, 0.4) is 0 Å². The van der Waals surface area contributed by atoms with Crippen LogP contribution in [-0.4, -0.2) is 32.1 Å². The monoisotopic (exact) mass is 244 g/mol. The van der Waals surface area contributed by atoms with Gasteiger partial charge in [-0.05, 0) is 6.42 Å². The first-order valence-electron chi connectivity index (χ1n) is 4.44. The largest absolute Gasteiger partial charge is 0.327 e. The minimum atomic E-state index is -3.41. The Morgan fingerprint density at radius 2 is 2.00 bits per heavy atom. The van der Waals surface area contributed by atoms with Gasteiger partial charge in [-0.2, -0.15) is 8.78 Å². The molecule has 0 aliphatic carbocycles. The molecular weight excluding hydrogens is 229 g/mol. The van der Waals surface area contributed by atoms with Gasteiger partial charge in [0.05, 0.1) is 0 Å². The zero-order chi connectivity index (χ0) is 12.1. The van der Waals surface area contributed by atoms with E-state index in [2.05, 4.69) is 9.05 Å². The van der Waals surface area contributed by atoms with Crippen molar-refractivity contribution in [2.24, 2.45) is 0 Å². The van der Waals surface area contributed by atoms with E-state index >= 15 is 0 Å². The molecule has 4 nitrogen and oxygen atoms in total. The van der Waals surface area contributed by atoms with Crippen molar-refractivity contribution in [2.75, 3.05) is 20.4 Å². The average Bonchev–Trinajstić information content (AvgIpc) is 2.14. The average molecular weight is 244 g/mol. The molecule has 0 aromatic heterocycles. The predicted octanol–water partition coefficient (Wildman–Crippen LogP) is 2.48. The van der Waals surface area contributed by atoms with Gasteiger partial charge >= 0.3 is 13.5 Å². The van der Waals surface area contributed by atoms with Crippen LogP contribution in [0.2, 0.25) is 0 Å². The molecule has 0 rings (SSSR count). The maximum Gasteiger partial charge on any atom is 0.327 e. The van der Waals surface area contributed by atoms with Crippen LogP contribution in [-0.2, 0) is 18.4 Å². The Balaban J connectivity index is 4.21. The lowest BCUT2D eigenvalue weighted by atomic mass is 10.1. The Hall–Kier alpha value is -0.320. The minimum absolute atomic E-state index is 0.187. The molecule has 0 aliphatic heterocycles. The summed E-state index contributed by atoms with van der Waals surface area (Å²) in [5, 5.41) is 0. The summed E-state index contributed by atoms with van der Waals surface area (Å²) in [5.41, 5.74) is 0. The Morgan fingerprint density at radius 3 is 2.40 bits per heavy atom. The molecule has 0 amide bonds. The second-order valence-corrected chi connectivity index (χ2v) is 5.27. The number of Topliss-reactive ketones (excluding diaryl/α,β-unsaturated/α-hetero) is 1. The maximum absolute atomic E-state index is 12.9. The van der Waals surface area contributed by atoms with Crippen LogP contribution in [0, 0.1) is 0 Å². The van der Waals surface area contributed by atoms with Crippen LogP contribution in [0.4, 0.5) is 8.78 Å². The lowest BCUT2D eigenvalue weighted by Gasteiger charge is -2.15. The van der Waals surface area contributed by atoms with Crippen LogP contribution in [0.5, 0.6) is 0 Å². The van der Waals surface area contributed by atoms with Gasteiger partial charge in [-0.15, -0.1) is 0 Å². The van der Waals surface area contributed by atoms with Crippen LogP contribution >= 0.6 is 7.60 Å². The van der Waals surface area contributed by atoms with Gasteiger partial charge in [-0.25, -0.2) is 0 Å². The van der Waals surface area contributed by atoms with Gasteiger partial charge < -0.3 is 9.05 Å².